The number of aromatic nitrogens is 1. The summed E-state index contributed by atoms with van der Waals surface area (Å²) in [5.41, 5.74) is 3.28. The first kappa shape index (κ1) is 15.2. The molecule has 0 saturated carbocycles. The second kappa shape index (κ2) is 7.55. The van der Waals surface area contributed by atoms with Crippen LogP contribution in [-0.2, 0) is 9.53 Å². The smallest absolute Gasteiger partial charge is 0.222 e. The Balaban J connectivity index is 2.00. The molecule has 0 bridgehead atoms. The Morgan fingerprint density at radius 3 is 2.62 bits per heavy atom. The first-order valence-electron chi connectivity index (χ1n) is 6.99. The van der Waals surface area contributed by atoms with Crippen LogP contribution in [0.25, 0.3) is 11.1 Å². The minimum absolute atomic E-state index is 0.000635. The van der Waals surface area contributed by atoms with Crippen LogP contribution in [0.1, 0.15) is 24.9 Å². The number of hydrogen-bond acceptors (Lipinski definition) is 3. The average molecular weight is 284 g/mol. The molecular weight excluding hydrogens is 264 g/mol. The van der Waals surface area contributed by atoms with Gasteiger partial charge in [0.2, 0.25) is 5.91 Å². The maximum atomic E-state index is 11.7. The number of carbonyl (C=O) groups excluding carboxylic acids is 1. The van der Waals surface area contributed by atoms with E-state index in [4.69, 9.17) is 4.74 Å². The van der Waals surface area contributed by atoms with Crippen LogP contribution in [0.15, 0.2) is 48.8 Å². The van der Waals surface area contributed by atoms with Gasteiger partial charge >= 0.3 is 0 Å². The molecular formula is C17H20N2O2. The van der Waals surface area contributed by atoms with Crippen molar-refractivity contribution >= 4 is 5.91 Å². The first-order chi connectivity index (χ1) is 10.2. The van der Waals surface area contributed by atoms with Crippen LogP contribution in [0.5, 0.6) is 0 Å². The van der Waals surface area contributed by atoms with E-state index in [2.05, 4.69) is 10.3 Å². The Hall–Kier alpha value is -2.20. The molecule has 2 rings (SSSR count). The molecule has 0 fully saturated rings. The van der Waals surface area contributed by atoms with Gasteiger partial charge < -0.3 is 10.1 Å². The number of hydrogen-bond donors (Lipinski definition) is 1. The molecule has 0 aliphatic heterocycles. The molecule has 0 radical (unpaired) electrons. The third-order valence-corrected chi connectivity index (χ3v) is 3.32. The molecule has 2 aromatic rings. The van der Waals surface area contributed by atoms with Crippen molar-refractivity contribution in [3.8, 4) is 11.1 Å². The number of methoxy groups -OCH3 is 1. The highest BCUT2D eigenvalue weighted by molar-refractivity contribution is 5.76. The van der Waals surface area contributed by atoms with E-state index >= 15 is 0 Å². The Bertz CT molecular complexity index is 567. The van der Waals surface area contributed by atoms with E-state index in [0.29, 0.717) is 13.0 Å². The van der Waals surface area contributed by atoms with E-state index in [1.165, 1.54) is 0 Å². The van der Waals surface area contributed by atoms with Gasteiger partial charge in [-0.2, -0.15) is 0 Å². The van der Waals surface area contributed by atoms with Crippen molar-refractivity contribution in [2.75, 3.05) is 13.7 Å². The zero-order valence-corrected chi connectivity index (χ0v) is 12.4. The predicted molar refractivity (Wildman–Crippen MR) is 82.7 cm³/mol. The maximum Gasteiger partial charge on any atom is 0.222 e. The summed E-state index contributed by atoms with van der Waals surface area (Å²) in [5.74, 6) is 0.000635. The fourth-order valence-electron chi connectivity index (χ4n) is 2.09. The molecule has 1 aromatic heterocycles. The summed E-state index contributed by atoms with van der Waals surface area (Å²) in [7, 11) is 1.59. The summed E-state index contributed by atoms with van der Waals surface area (Å²) >= 11 is 0. The van der Waals surface area contributed by atoms with E-state index in [1.807, 2.05) is 49.5 Å². The molecule has 0 aliphatic rings. The van der Waals surface area contributed by atoms with Crippen molar-refractivity contribution in [2.24, 2.45) is 0 Å². The molecule has 0 saturated heterocycles. The van der Waals surface area contributed by atoms with Crippen LogP contribution in [0.3, 0.4) is 0 Å². The lowest BCUT2D eigenvalue weighted by atomic mass is 10.0. The summed E-state index contributed by atoms with van der Waals surface area (Å²) in [5, 5.41) is 2.96. The molecule has 1 aromatic carbocycles. The molecule has 0 aliphatic carbocycles. The van der Waals surface area contributed by atoms with Gasteiger partial charge in [0.15, 0.2) is 0 Å². The van der Waals surface area contributed by atoms with Gasteiger partial charge in [-0.25, -0.2) is 0 Å². The molecule has 1 N–H and O–H groups in total. The van der Waals surface area contributed by atoms with Gasteiger partial charge in [-0.15, -0.1) is 0 Å². The maximum absolute atomic E-state index is 11.7. The molecule has 4 nitrogen and oxygen atoms in total. The highest BCUT2D eigenvalue weighted by atomic mass is 16.5. The van der Waals surface area contributed by atoms with Crippen molar-refractivity contribution in [1.82, 2.24) is 10.3 Å². The third-order valence-electron chi connectivity index (χ3n) is 3.32. The molecule has 4 heteroatoms. The molecule has 110 valence electrons. The predicted octanol–water partition coefficient (Wildman–Crippen LogP) is 2.96. The topological polar surface area (TPSA) is 51.2 Å². The van der Waals surface area contributed by atoms with Gasteiger partial charge in [0.05, 0.1) is 12.6 Å². The van der Waals surface area contributed by atoms with Gasteiger partial charge in [0.1, 0.15) is 0 Å². The van der Waals surface area contributed by atoms with E-state index in [1.54, 1.807) is 13.3 Å². The van der Waals surface area contributed by atoms with Crippen LogP contribution < -0.4 is 5.32 Å². The van der Waals surface area contributed by atoms with E-state index < -0.39 is 0 Å². The summed E-state index contributed by atoms with van der Waals surface area (Å²) in [6.07, 6.45) is 3.98. The van der Waals surface area contributed by atoms with Crippen LogP contribution in [-0.4, -0.2) is 24.6 Å². The largest absolute Gasteiger partial charge is 0.384 e. The zero-order chi connectivity index (χ0) is 15.1. The standard InChI is InChI=1S/C17H20N2O2/c1-13(19-17(20)9-11-21-2)14-5-7-15(8-6-14)16-4-3-10-18-12-16/h3-8,10,12-13H,9,11H2,1-2H3,(H,19,20)/t13-/m1/s1. The number of nitrogens with one attached hydrogen (secondary N) is 1. The van der Waals surface area contributed by atoms with Gasteiger partial charge in [-0.05, 0) is 29.7 Å². The first-order valence-corrected chi connectivity index (χ1v) is 6.99. The van der Waals surface area contributed by atoms with Crippen molar-refractivity contribution < 1.29 is 9.53 Å². The number of carbonyl (C=O) groups is 1. The highest BCUT2D eigenvalue weighted by Crippen LogP contribution is 2.21. The third kappa shape index (κ3) is 4.39. The van der Waals surface area contributed by atoms with Crippen molar-refractivity contribution in [1.29, 1.82) is 0 Å². The van der Waals surface area contributed by atoms with Gasteiger partial charge in [-0.3, -0.25) is 9.78 Å². The summed E-state index contributed by atoms with van der Waals surface area (Å²) in [6, 6.07) is 12.1. The van der Waals surface area contributed by atoms with Gasteiger partial charge in [0.25, 0.3) is 0 Å². The molecule has 21 heavy (non-hydrogen) atoms. The van der Waals surface area contributed by atoms with Crippen LogP contribution in [0, 0.1) is 0 Å². The number of nitrogens with zero attached hydrogens (tertiary/aromatic N) is 1. The molecule has 1 heterocycles. The minimum atomic E-state index is -0.0164. The van der Waals surface area contributed by atoms with Crippen LogP contribution in [0.2, 0.25) is 0 Å². The number of rotatable bonds is 6. The van der Waals surface area contributed by atoms with Gasteiger partial charge in [-0.1, -0.05) is 30.3 Å². The van der Waals surface area contributed by atoms with E-state index in [-0.39, 0.29) is 11.9 Å². The monoisotopic (exact) mass is 284 g/mol. The lowest BCUT2D eigenvalue weighted by molar-refractivity contribution is -0.122. The van der Waals surface area contributed by atoms with Gasteiger partial charge in [0, 0.05) is 25.9 Å². The summed E-state index contributed by atoms with van der Waals surface area (Å²) < 4.78 is 4.90. The lowest BCUT2D eigenvalue weighted by Gasteiger charge is -2.14. The molecule has 1 atom stereocenters. The Morgan fingerprint density at radius 1 is 1.24 bits per heavy atom. The van der Waals surface area contributed by atoms with Crippen LogP contribution in [0.4, 0.5) is 0 Å². The summed E-state index contributed by atoms with van der Waals surface area (Å²) in [4.78, 5) is 15.8. The average Bonchev–Trinajstić information content (AvgIpc) is 2.54. The Labute approximate surface area is 125 Å². The van der Waals surface area contributed by atoms with Crippen molar-refractivity contribution in [3.05, 3.63) is 54.4 Å². The Kier molecular flexibility index (Phi) is 5.46. The Morgan fingerprint density at radius 2 is 2.00 bits per heavy atom. The molecule has 0 unspecified atom stereocenters. The number of amides is 1. The highest BCUT2D eigenvalue weighted by Gasteiger charge is 2.09. The normalized spacial score (nSPS) is 11.9. The number of pyridine rings is 1. The van der Waals surface area contributed by atoms with E-state index in [9.17, 15) is 4.79 Å². The fraction of sp³-hybridized carbons (Fsp3) is 0.294. The van der Waals surface area contributed by atoms with Crippen molar-refractivity contribution in [3.63, 3.8) is 0 Å². The second-order valence-corrected chi connectivity index (χ2v) is 4.90. The second-order valence-electron chi connectivity index (χ2n) is 4.90. The number of benzene rings is 1. The lowest BCUT2D eigenvalue weighted by Crippen LogP contribution is -2.27. The fourth-order valence-corrected chi connectivity index (χ4v) is 2.09. The van der Waals surface area contributed by atoms with Crippen LogP contribution >= 0.6 is 0 Å². The SMILES string of the molecule is COCCC(=O)N[C@H](C)c1ccc(-c2cccnc2)cc1. The molecule has 0 spiro atoms. The van der Waals surface area contributed by atoms with E-state index in [0.717, 1.165) is 16.7 Å². The zero-order valence-electron chi connectivity index (χ0n) is 12.4. The minimum Gasteiger partial charge on any atom is -0.384 e. The number of ether oxygens (including phenoxy) is 1. The quantitative estimate of drug-likeness (QED) is 0.887. The van der Waals surface area contributed by atoms with Crippen molar-refractivity contribution in [2.45, 2.75) is 19.4 Å². The molecule has 1 amide bonds. The summed E-state index contributed by atoms with van der Waals surface area (Å²) in [6.45, 7) is 2.42.